The first kappa shape index (κ1) is 13.5. The van der Waals surface area contributed by atoms with Crippen molar-refractivity contribution in [1.82, 2.24) is 10.3 Å². The number of carbonyl (C=O) groups is 1. The van der Waals surface area contributed by atoms with Gasteiger partial charge in [0.2, 0.25) is 0 Å². The first-order valence-electron chi connectivity index (χ1n) is 5.87. The Labute approximate surface area is 103 Å². The van der Waals surface area contributed by atoms with E-state index in [1.165, 1.54) is 0 Å². The summed E-state index contributed by atoms with van der Waals surface area (Å²) in [4.78, 5) is 16.4. The predicted octanol–water partition coefficient (Wildman–Crippen LogP) is 2.21. The lowest BCUT2D eigenvalue weighted by Crippen LogP contribution is -2.40. The molecule has 94 valence electrons. The lowest BCUT2D eigenvalue weighted by molar-refractivity contribution is 0.0919. The van der Waals surface area contributed by atoms with Gasteiger partial charge in [-0.1, -0.05) is 6.92 Å². The molecule has 0 aromatic carbocycles. The number of aromatic nitrogens is 1. The summed E-state index contributed by atoms with van der Waals surface area (Å²) < 4.78 is 0. The third kappa shape index (κ3) is 4.06. The Morgan fingerprint density at radius 2 is 2.00 bits per heavy atom. The maximum atomic E-state index is 12.0. The second kappa shape index (κ2) is 5.17. The zero-order chi connectivity index (χ0) is 13.1. The normalized spacial score (nSPS) is 11.1. The quantitative estimate of drug-likeness (QED) is 0.844. The molecule has 0 fully saturated rings. The van der Waals surface area contributed by atoms with E-state index in [1.54, 1.807) is 13.1 Å². The fourth-order valence-corrected chi connectivity index (χ4v) is 1.44. The number of nitrogens with zero attached hydrogens (tertiary/aromatic N) is 1. The average molecular weight is 235 g/mol. The fourth-order valence-electron chi connectivity index (χ4n) is 1.44. The second-order valence-electron chi connectivity index (χ2n) is 5.04. The minimum atomic E-state index is -0.230. The van der Waals surface area contributed by atoms with Gasteiger partial charge in [0, 0.05) is 23.8 Å². The van der Waals surface area contributed by atoms with Gasteiger partial charge in [-0.15, -0.1) is 0 Å². The molecule has 17 heavy (non-hydrogen) atoms. The summed E-state index contributed by atoms with van der Waals surface area (Å²) in [5.41, 5.74) is 1.33. The van der Waals surface area contributed by atoms with Crippen molar-refractivity contribution in [3.05, 3.63) is 23.4 Å². The number of amides is 1. The van der Waals surface area contributed by atoms with Gasteiger partial charge in [-0.05, 0) is 39.3 Å². The monoisotopic (exact) mass is 235 g/mol. The van der Waals surface area contributed by atoms with Crippen LogP contribution in [0.15, 0.2) is 12.1 Å². The molecule has 1 rings (SSSR count). The maximum Gasteiger partial charge on any atom is 0.251 e. The summed E-state index contributed by atoms with van der Waals surface area (Å²) in [7, 11) is 1.80. The van der Waals surface area contributed by atoms with Crippen molar-refractivity contribution in [2.24, 2.45) is 0 Å². The van der Waals surface area contributed by atoms with Crippen LogP contribution in [0.2, 0.25) is 0 Å². The van der Waals surface area contributed by atoms with E-state index in [1.807, 2.05) is 33.8 Å². The van der Waals surface area contributed by atoms with Crippen LogP contribution in [-0.2, 0) is 6.42 Å². The van der Waals surface area contributed by atoms with Crippen LogP contribution in [-0.4, -0.2) is 23.5 Å². The highest BCUT2D eigenvalue weighted by Crippen LogP contribution is 2.12. The van der Waals surface area contributed by atoms with Crippen molar-refractivity contribution in [3.8, 4) is 0 Å². The smallest absolute Gasteiger partial charge is 0.251 e. The standard InChI is InChI=1S/C13H21N3O/c1-6-10-7-9(8-11(14-5)15-10)12(17)16-13(2,3)4/h7-8H,6H2,1-5H3,(H,14,15)(H,16,17). The fraction of sp³-hybridized carbons (Fsp3) is 0.538. The highest BCUT2D eigenvalue weighted by molar-refractivity contribution is 5.95. The summed E-state index contributed by atoms with van der Waals surface area (Å²) in [6.07, 6.45) is 0.811. The van der Waals surface area contributed by atoms with Gasteiger partial charge in [0.1, 0.15) is 5.82 Å². The number of hydrogen-bond donors (Lipinski definition) is 2. The molecule has 4 nitrogen and oxygen atoms in total. The van der Waals surface area contributed by atoms with E-state index in [2.05, 4.69) is 15.6 Å². The van der Waals surface area contributed by atoms with E-state index >= 15 is 0 Å². The van der Waals surface area contributed by atoms with Crippen LogP contribution >= 0.6 is 0 Å². The second-order valence-corrected chi connectivity index (χ2v) is 5.04. The molecule has 1 aromatic rings. The van der Waals surface area contributed by atoms with Crippen LogP contribution in [0.4, 0.5) is 5.82 Å². The Morgan fingerprint density at radius 1 is 1.35 bits per heavy atom. The van der Waals surface area contributed by atoms with Gasteiger partial charge in [0.15, 0.2) is 0 Å². The van der Waals surface area contributed by atoms with Crippen LogP contribution < -0.4 is 10.6 Å². The van der Waals surface area contributed by atoms with Crippen molar-refractivity contribution in [3.63, 3.8) is 0 Å². The first-order chi connectivity index (χ1) is 7.85. The van der Waals surface area contributed by atoms with Crippen molar-refractivity contribution in [2.45, 2.75) is 39.7 Å². The SMILES string of the molecule is CCc1cc(C(=O)NC(C)(C)C)cc(NC)n1. The summed E-state index contributed by atoms with van der Waals surface area (Å²) in [6.45, 7) is 7.91. The summed E-state index contributed by atoms with van der Waals surface area (Å²) >= 11 is 0. The van der Waals surface area contributed by atoms with Crippen LogP contribution in [0.3, 0.4) is 0 Å². The summed E-state index contributed by atoms with van der Waals surface area (Å²) in [5.74, 6) is 0.662. The molecular formula is C13H21N3O. The van der Waals surface area contributed by atoms with E-state index in [0.717, 1.165) is 17.9 Å². The highest BCUT2D eigenvalue weighted by Gasteiger charge is 2.16. The molecular weight excluding hydrogens is 214 g/mol. The van der Waals surface area contributed by atoms with Gasteiger partial charge < -0.3 is 10.6 Å². The lowest BCUT2D eigenvalue weighted by atomic mass is 10.1. The number of carbonyl (C=O) groups excluding carboxylic acids is 1. The maximum absolute atomic E-state index is 12.0. The molecule has 4 heteroatoms. The van der Waals surface area contributed by atoms with Crippen LogP contribution in [0.5, 0.6) is 0 Å². The van der Waals surface area contributed by atoms with Gasteiger partial charge in [-0.3, -0.25) is 4.79 Å². The summed E-state index contributed by atoms with van der Waals surface area (Å²) in [6, 6.07) is 3.60. The molecule has 2 N–H and O–H groups in total. The van der Waals surface area contributed by atoms with Gasteiger partial charge in [0.25, 0.3) is 5.91 Å². The zero-order valence-corrected chi connectivity index (χ0v) is 11.2. The molecule has 0 saturated heterocycles. The summed E-state index contributed by atoms with van der Waals surface area (Å²) in [5, 5.41) is 5.91. The molecule has 1 heterocycles. The molecule has 0 unspecified atom stereocenters. The minimum Gasteiger partial charge on any atom is -0.373 e. The van der Waals surface area contributed by atoms with Crippen molar-refractivity contribution < 1.29 is 4.79 Å². The Morgan fingerprint density at radius 3 is 2.47 bits per heavy atom. The topological polar surface area (TPSA) is 54.0 Å². The zero-order valence-electron chi connectivity index (χ0n) is 11.2. The number of anilines is 1. The van der Waals surface area contributed by atoms with E-state index < -0.39 is 0 Å². The predicted molar refractivity (Wildman–Crippen MR) is 70.4 cm³/mol. The number of aryl methyl sites for hydroxylation is 1. The van der Waals surface area contributed by atoms with Gasteiger partial charge in [-0.2, -0.15) is 0 Å². The molecule has 0 saturated carbocycles. The number of rotatable bonds is 3. The molecule has 0 aliphatic heterocycles. The average Bonchev–Trinajstić information content (AvgIpc) is 2.26. The molecule has 0 radical (unpaired) electrons. The van der Waals surface area contributed by atoms with Crippen LogP contribution in [0, 0.1) is 0 Å². The van der Waals surface area contributed by atoms with E-state index in [0.29, 0.717) is 5.56 Å². The molecule has 0 aliphatic rings. The highest BCUT2D eigenvalue weighted by atomic mass is 16.1. The van der Waals surface area contributed by atoms with Crippen LogP contribution in [0.25, 0.3) is 0 Å². The minimum absolute atomic E-state index is 0.0638. The third-order valence-corrected chi connectivity index (χ3v) is 2.25. The molecule has 1 amide bonds. The molecule has 0 bridgehead atoms. The number of hydrogen-bond acceptors (Lipinski definition) is 3. The van der Waals surface area contributed by atoms with Crippen molar-refractivity contribution in [2.75, 3.05) is 12.4 Å². The molecule has 0 spiro atoms. The van der Waals surface area contributed by atoms with E-state index in [4.69, 9.17) is 0 Å². The van der Waals surface area contributed by atoms with Gasteiger partial charge >= 0.3 is 0 Å². The van der Waals surface area contributed by atoms with E-state index in [9.17, 15) is 4.79 Å². The molecule has 0 aliphatic carbocycles. The largest absolute Gasteiger partial charge is 0.373 e. The Hall–Kier alpha value is -1.58. The Bertz CT molecular complexity index is 385. The first-order valence-corrected chi connectivity index (χ1v) is 5.87. The lowest BCUT2D eigenvalue weighted by Gasteiger charge is -2.20. The van der Waals surface area contributed by atoms with Crippen molar-refractivity contribution in [1.29, 1.82) is 0 Å². The van der Waals surface area contributed by atoms with Gasteiger partial charge in [0.05, 0.1) is 0 Å². The van der Waals surface area contributed by atoms with Crippen molar-refractivity contribution >= 4 is 11.7 Å². The Balaban J connectivity index is 3.00. The molecule has 1 aromatic heterocycles. The number of nitrogens with one attached hydrogen (secondary N) is 2. The van der Waals surface area contributed by atoms with Crippen LogP contribution in [0.1, 0.15) is 43.7 Å². The number of pyridine rings is 1. The van der Waals surface area contributed by atoms with E-state index in [-0.39, 0.29) is 11.4 Å². The molecule has 0 atom stereocenters. The third-order valence-electron chi connectivity index (χ3n) is 2.25. The van der Waals surface area contributed by atoms with Gasteiger partial charge in [-0.25, -0.2) is 4.98 Å². The Kier molecular flexibility index (Phi) is 4.10.